The van der Waals surface area contributed by atoms with Gasteiger partial charge >= 0.3 is 0 Å². The summed E-state index contributed by atoms with van der Waals surface area (Å²) in [7, 11) is 0. The van der Waals surface area contributed by atoms with Gasteiger partial charge in [0.15, 0.2) is 17.5 Å². The van der Waals surface area contributed by atoms with Crippen LogP contribution >= 0.6 is 0 Å². The molecule has 4 nitrogen and oxygen atoms in total. The Kier molecular flexibility index (Phi) is 7.78. The minimum absolute atomic E-state index is 0.583. The van der Waals surface area contributed by atoms with Crippen molar-refractivity contribution in [2.45, 2.75) is 0 Å². The second-order valence-corrected chi connectivity index (χ2v) is 14.4. The Morgan fingerprint density at radius 2 is 0.772 bits per heavy atom. The average molecular weight is 728 g/mol. The van der Waals surface area contributed by atoms with E-state index in [9.17, 15) is 0 Å². The average Bonchev–Trinajstić information content (AvgIpc) is 3.66. The zero-order chi connectivity index (χ0) is 37.7. The number of hydrogen-bond acceptors (Lipinski definition) is 4. The van der Waals surface area contributed by atoms with Crippen LogP contribution in [0.25, 0.3) is 111 Å². The smallest absolute Gasteiger partial charge is 0.164 e. The van der Waals surface area contributed by atoms with Crippen molar-refractivity contribution in [1.29, 1.82) is 0 Å². The van der Waals surface area contributed by atoms with Gasteiger partial charge in [-0.05, 0) is 91.8 Å². The predicted molar refractivity (Wildman–Crippen MR) is 235 cm³/mol. The maximum Gasteiger partial charge on any atom is 0.164 e. The monoisotopic (exact) mass is 727 g/mol. The lowest BCUT2D eigenvalue weighted by molar-refractivity contribution is 0.670. The lowest BCUT2D eigenvalue weighted by Gasteiger charge is -2.12. The quantitative estimate of drug-likeness (QED) is 0.171. The highest BCUT2D eigenvalue weighted by molar-refractivity contribution is 6.18. The van der Waals surface area contributed by atoms with E-state index in [4.69, 9.17) is 19.4 Å². The third-order valence-corrected chi connectivity index (χ3v) is 10.9. The second-order valence-electron chi connectivity index (χ2n) is 14.4. The number of benzene rings is 9. The summed E-state index contributed by atoms with van der Waals surface area (Å²) < 4.78 is 6.82. The molecule has 266 valence electrons. The first-order chi connectivity index (χ1) is 28.2. The van der Waals surface area contributed by atoms with E-state index in [1.165, 1.54) is 11.1 Å². The molecule has 2 aromatic heterocycles. The lowest BCUT2D eigenvalue weighted by atomic mass is 9.97. The van der Waals surface area contributed by atoms with E-state index in [1.54, 1.807) is 0 Å². The van der Waals surface area contributed by atoms with Crippen LogP contribution in [0, 0.1) is 0 Å². The summed E-state index contributed by atoms with van der Waals surface area (Å²) in [5, 5.41) is 6.54. The Morgan fingerprint density at radius 3 is 1.46 bits per heavy atom. The summed E-state index contributed by atoms with van der Waals surface area (Å²) in [6.07, 6.45) is 0. The number of aromatic nitrogens is 3. The van der Waals surface area contributed by atoms with Crippen LogP contribution < -0.4 is 0 Å². The molecule has 0 spiro atoms. The van der Waals surface area contributed by atoms with Crippen LogP contribution in [0.5, 0.6) is 0 Å². The molecule has 9 aromatic carbocycles. The summed E-state index contributed by atoms with van der Waals surface area (Å²) in [4.78, 5) is 15.8. The lowest BCUT2D eigenvalue weighted by Crippen LogP contribution is -2.01. The number of fused-ring (bicyclic) bond motifs is 5. The molecule has 0 saturated carbocycles. The van der Waals surface area contributed by atoms with Gasteiger partial charge in [0.05, 0.1) is 0 Å². The van der Waals surface area contributed by atoms with Crippen molar-refractivity contribution in [3.05, 3.63) is 200 Å². The molecule has 0 amide bonds. The van der Waals surface area contributed by atoms with Crippen molar-refractivity contribution in [3.63, 3.8) is 0 Å². The van der Waals surface area contributed by atoms with E-state index in [2.05, 4.69) is 182 Å². The number of nitrogens with zero attached hydrogens (tertiary/aromatic N) is 3. The molecule has 0 atom stereocenters. The van der Waals surface area contributed by atoms with Crippen LogP contribution in [0.1, 0.15) is 0 Å². The van der Waals surface area contributed by atoms with Crippen molar-refractivity contribution < 1.29 is 4.42 Å². The van der Waals surface area contributed by atoms with E-state index in [1.807, 2.05) is 18.2 Å². The SMILES string of the molecule is c1ccc(-c2cccc(-c3nc(-c4ccc5cc(-c6ccccc6)ccc5c4)nc(-c4ccc(-c5ccccc5)c5oc6cc7ccccc7cc6c45)n3)c2)cc1. The fourth-order valence-electron chi connectivity index (χ4n) is 8.01. The molecule has 0 radical (unpaired) electrons. The molecule has 0 aliphatic carbocycles. The Hall–Kier alpha value is -7.69. The van der Waals surface area contributed by atoms with Crippen molar-refractivity contribution in [3.8, 4) is 67.5 Å². The van der Waals surface area contributed by atoms with Crippen molar-refractivity contribution in [2.75, 3.05) is 0 Å². The normalized spacial score (nSPS) is 11.5. The van der Waals surface area contributed by atoms with E-state index >= 15 is 0 Å². The van der Waals surface area contributed by atoms with Crippen LogP contribution in [-0.4, -0.2) is 15.0 Å². The van der Waals surface area contributed by atoms with E-state index in [0.29, 0.717) is 17.5 Å². The van der Waals surface area contributed by atoms with Crippen LogP contribution in [0.3, 0.4) is 0 Å². The van der Waals surface area contributed by atoms with Crippen molar-refractivity contribution in [2.24, 2.45) is 0 Å². The highest BCUT2D eigenvalue weighted by Crippen LogP contribution is 2.43. The predicted octanol–water partition coefficient (Wildman–Crippen LogP) is 14.1. The van der Waals surface area contributed by atoms with Gasteiger partial charge in [0.25, 0.3) is 0 Å². The molecule has 0 aliphatic rings. The Labute approximate surface area is 329 Å². The Morgan fingerprint density at radius 1 is 0.298 bits per heavy atom. The van der Waals surface area contributed by atoms with Crippen molar-refractivity contribution in [1.82, 2.24) is 15.0 Å². The fourth-order valence-corrected chi connectivity index (χ4v) is 8.01. The first-order valence-electron chi connectivity index (χ1n) is 19.2. The van der Waals surface area contributed by atoms with E-state index < -0.39 is 0 Å². The molecule has 4 heteroatoms. The molecule has 0 unspecified atom stereocenters. The molecule has 0 N–H and O–H groups in total. The minimum Gasteiger partial charge on any atom is -0.455 e. The zero-order valence-corrected chi connectivity index (χ0v) is 30.8. The first kappa shape index (κ1) is 32.7. The summed E-state index contributed by atoms with van der Waals surface area (Å²) in [6, 6.07) is 69.9. The van der Waals surface area contributed by atoms with Gasteiger partial charge in [0, 0.05) is 33.0 Å². The molecule has 2 heterocycles. The summed E-state index contributed by atoms with van der Waals surface area (Å²) in [6.45, 7) is 0. The number of furan rings is 1. The highest BCUT2D eigenvalue weighted by atomic mass is 16.3. The molecule has 0 aliphatic heterocycles. The topological polar surface area (TPSA) is 51.8 Å². The summed E-state index contributed by atoms with van der Waals surface area (Å²) in [5.41, 5.74) is 11.0. The third-order valence-electron chi connectivity index (χ3n) is 10.9. The number of rotatable bonds is 6. The molecule has 0 saturated heterocycles. The zero-order valence-electron chi connectivity index (χ0n) is 30.8. The van der Waals surface area contributed by atoms with Gasteiger partial charge in [0.1, 0.15) is 11.2 Å². The van der Waals surface area contributed by atoms with Crippen LogP contribution in [0.2, 0.25) is 0 Å². The van der Waals surface area contributed by atoms with Crippen molar-refractivity contribution >= 4 is 43.5 Å². The van der Waals surface area contributed by atoms with Gasteiger partial charge < -0.3 is 4.42 Å². The second kappa shape index (κ2) is 13.6. The summed E-state index contributed by atoms with van der Waals surface area (Å²) >= 11 is 0. The standard InChI is InChI=1S/C53H33N3O/c1-4-13-34(14-5-1)37-21-12-22-43(30-37)51-54-52(44-26-25-41-29-40(23-24-42(41)31-44)35-15-6-2-7-16-35)56-53(55-51)46-28-27-45(36-17-8-3-9-18-36)50-49(46)47-32-38-19-10-11-20-39(38)33-48(47)57-50/h1-33H. The van der Waals surface area contributed by atoms with Crippen LogP contribution in [0.15, 0.2) is 205 Å². The van der Waals surface area contributed by atoms with Gasteiger partial charge in [0.2, 0.25) is 0 Å². The molecule has 57 heavy (non-hydrogen) atoms. The van der Waals surface area contributed by atoms with E-state index in [-0.39, 0.29) is 0 Å². The summed E-state index contributed by atoms with van der Waals surface area (Å²) in [5.74, 6) is 1.79. The van der Waals surface area contributed by atoms with Gasteiger partial charge in [-0.15, -0.1) is 0 Å². The molecule has 0 fully saturated rings. The van der Waals surface area contributed by atoms with Gasteiger partial charge in [-0.2, -0.15) is 0 Å². The third kappa shape index (κ3) is 5.92. The molecule has 11 aromatic rings. The maximum atomic E-state index is 6.82. The molecular weight excluding hydrogens is 695 g/mol. The minimum atomic E-state index is 0.583. The molecule has 0 bridgehead atoms. The van der Waals surface area contributed by atoms with Gasteiger partial charge in [-0.3, -0.25) is 0 Å². The Bertz CT molecular complexity index is 3280. The van der Waals surface area contributed by atoms with E-state index in [0.717, 1.165) is 82.4 Å². The fraction of sp³-hybridized carbons (Fsp3) is 0. The maximum absolute atomic E-state index is 6.82. The van der Waals surface area contributed by atoms with Crippen LogP contribution in [-0.2, 0) is 0 Å². The highest BCUT2D eigenvalue weighted by Gasteiger charge is 2.21. The van der Waals surface area contributed by atoms with Crippen LogP contribution in [0.4, 0.5) is 0 Å². The molecular formula is C53H33N3O. The molecule has 11 rings (SSSR count). The van der Waals surface area contributed by atoms with Gasteiger partial charge in [-0.1, -0.05) is 158 Å². The largest absolute Gasteiger partial charge is 0.455 e. The Balaban J connectivity index is 1.14. The first-order valence-corrected chi connectivity index (χ1v) is 19.2. The number of hydrogen-bond donors (Lipinski definition) is 0. The van der Waals surface area contributed by atoms with Gasteiger partial charge in [-0.25, -0.2) is 15.0 Å².